The molecule has 3 aromatic heterocycles. The van der Waals surface area contributed by atoms with Gasteiger partial charge in [-0.1, -0.05) is 299 Å². The Bertz CT molecular complexity index is 7560. The van der Waals surface area contributed by atoms with Crippen molar-refractivity contribution in [3.63, 3.8) is 0 Å². The zero-order valence-corrected chi connectivity index (χ0v) is 57.7. The van der Waals surface area contributed by atoms with Crippen molar-refractivity contribution in [3.05, 3.63) is 375 Å². The first-order valence-corrected chi connectivity index (χ1v) is 35.5. The monoisotopic (exact) mass is 1370 g/mol. The summed E-state index contributed by atoms with van der Waals surface area (Å²) in [6.07, 6.45) is 0. The predicted octanol–water partition coefficient (Wildman–Crippen LogP) is 24.7. The van der Waals surface area contributed by atoms with Gasteiger partial charge in [0.25, 0.3) is 6.71 Å². The van der Waals surface area contributed by atoms with Crippen LogP contribution < -0.4 is 26.2 Å². The van der Waals surface area contributed by atoms with Gasteiger partial charge in [-0.15, -0.1) is 0 Å². The summed E-state index contributed by atoms with van der Waals surface area (Å²) in [7, 11) is 0. The molecule has 0 fully saturated rings. The normalized spacial score (nSPS) is 14.9. The van der Waals surface area contributed by atoms with Crippen molar-refractivity contribution >= 4 is 123 Å². The molecule has 0 N–H and O–H groups in total. The largest absolute Gasteiger partial charge is 0.310 e. The van der Waals surface area contributed by atoms with Crippen molar-refractivity contribution < 1.29 is 23.3 Å². The molecule has 0 unspecified atom stereocenters. The maximum atomic E-state index is 10.2. The second kappa shape index (κ2) is 24.1. The fourth-order valence-electron chi connectivity index (χ4n) is 16.7. The van der Waals surface area contributed by atoms with Crippen LogP contribution in [0.15, 0.2) is 370 Å². The van der Waals surface area contributed by atoms with Crippen molar-refractivity contribution in [3.8, 4) is 72.7 Å². The van der Waals surface area contributed by atoms with Crippen LogP contribution in [0.2, 0.25) is 0 Å². The number of nitrogens with zero attached hydrogens (tertiary/aromatic N) is 5. The molecule has 0 atom stereocenters. The third kappa shape index (κ3) is 9.50. The number of hydrogen-bond acceptors (Lipinski definition) is 2. The van der Waals surface area contributed by atoms with Crippen LogP contribution in [0.1, 0.15) is 49.6 Å². The van der Waals surface area contributed by atoms with Gasteiger partial charge in [-0.3, -0.25) is 0 Å². The summed E-state index contributed by atoms with van der Waals surface area (Å²) in [6.45, 7) is 5.60. The van der Waals surface area contributed by atoms with Crippen molar-refractivity contribution in [1.29, 1.82) is 0 Å². The van der Waals surface area contributed by atoms with Crippen LogP contribution in [0, 0.1) is 0 Å². The summed E-state index contributed by atoms with van der Waals surface area (Å²) >= 11 is 0. The summed E-state index contributed by atoms with van der Waals surface area (Å²) in [5, 5.41) is 2.60. The van der Waals surface area contributed by atoms with Gasteiger partial charge in [0.15, 0.2) is 0 Å². The summed E-state index contributed by atoms with van der Waals surface area (Å²) in [6, 6.07) is 80.0. The Morgan fingerprint density at radius 1 is 0.264 bits per heavy atom. The van der Waals surface area contributed by atoms with E-state index in [1.807, 2.05) is 180 Å². The zero-order chi connectivity index (χ0) is 85.1. The molecule has 5 nitrogen and oxygen atoms in total. The van der Waals surface area contributed by atoms with Crippen LogP contribution in [0.5, 0.6) is 0 Å². The second-order valence-electron chi connectivity index (χ2n) is 28.3. The minimum Gasteiger partial charge on any atom is -0.310 e. The molecule has 6 heteroatoms. The number of anilines is 6. The number of hydrogen-bond donors (Lipinski definition) is 0. The van der Waals surface area contributed by atoms with Crippen LogP contribution in [-0.4, -0.2) is 20.4 Å². The molecule has 2 aliphatic heterocycles. The lowest BCUT2D eigenvalue weighted by atomic mass is 9.33. The smallest absolute Gasteiger partial charge is 0.252 e. The Morgan fingerprint density at radius 3 is 1.19 bits per heavy atom. The summed E-state index contributed by atoms with van der Waals surface area (Å²) in [5.41, 5.74) is 16.0. The highest BCUT2D eigenvalue weighted by Crippen LogP contribution is 2.55. The lowest BCUT2D eigenvalue weighted by Gasteiger charge is -2.46. The van der Waals surface area contributed by atoms with Gasteiger partial charge in [-0.05, 0) is 152 Å². The van der Waals surface area contributed by atoms with Crippen LogP contribution in [0.25, 0.3) is 138 Å². The van der Waals surface area contributed by atoms with Crippen molar-refractivity contribution in [2.75, 3.05) is 9.80 Å². The summed E-state index contributed by atoms with van der Waals surface area (Å²) in [5.74, 6) is 0. The van der Waals surface area contributed by atoms with Gasteiger partial charge < -0.3 is 23.5 Å². The Labute approximate surface area is 640 Å². The molecule has 106 heavy (non-hydrogen) atoms. The van der Waals surface area contributed by atoms with E-state index in [1.54, 1.807) is 10.6 Å². The summed E-state index contributed by atoms with van der Waals surface area (Å²) in [4.78, 5) is 4.38. The van der Waals surface area contributed by atoms with Gasteiger partial charge in [0.05, 0.1) is 73.5 Å². The second-order valence-corrected chi connectivity index (χ2v) is 28.3. The molecule has 21 rings (SSSR count). The minimum absolute atomic E-state index is 0.0654. The lowest BCUT2D eigenvalue weighted by Crippen LogP contribution is -2.61. The lowest BCUT2D eigenvalue weighted by molar-refractivity contribution is 0.591. The topological polar surface area (TPSA) is 21.3 Å². The number of rotatable bonds is 10. The van der Waals surface area contributed by atoms with Crippen LogP contribution >= 0.6 is 0 Å². The van der Waals surface area contributed by atoms with E-state index in [1.165, 1.54) is 0 Å². The molecule has 0 aliphatic carbocycles. The predicted molar refractivity (Wildman–Crippen MR) is 449 cm³/mol. The average molecular weight is 1370 g/mol. The van der Waals surface area contributed by atoms with Crippen molar-refractivity contribution in [1.82, 2.24) is 13.7 Å². The van der Waals surface area contributed by atoms with E-state index in [0.717, 1.165) is 77.6 Å². The maximum Gasteiger partial charge on any atom is 0.252 e. The zero-order valence-electron chi connectivity index (χ0n) is 74.7. The first kappa shape index (κ1) is 46.2. The van der Waals surface area contributed by atoms with Gasteiger partial charge in [-0.25, -0.2) is 0 Å². The van der Waals surface area contributed by atoms with Gasteiger partial charge in [-0.2, -0.15) is 0 Å². The van der Waals surface area contributed by atoms with Crippen LogP contribution in [0.4, 0.5) is 34.1 Å². The van der Waals surface area contributed by atoms with Gasteiger partial charge in [0.2, 0.25) is 0 Å². The molecule has 0 spiro atoms. The molecule has 0 saturated heterocycles. The molecule has 0 saturated carbocycles. The highest BCUT2D eigenvalue weighted by Gasteiger charge is 2.46. The van der Waals surface area contributed by atoms with E-state index in [-0.39, 0.29) is 61.6 Å². The van der Waals surface area contributed by atoms with E-state index in [0.29, 0.717) is 67.1 Å². The molecule has 498 valence electrons. The molecular weight excluding hydrogens is 1280 g/mol. The molecule has 0 amide bonds. The highest BCUT2D eigenvalue weighted by molar-refractivity contribution is 7.00. The third-order valence-corrected chi connectivity index (χ3v) is 21.4. The van der Waals surface area contributed by atoms with E-state index in [9.17, 15) is 21.9 Å². The number of para-hydroxylation sites is 6. The Balaban J connectivity index is 0.983. The SMILES string of the molecule is [2H]c1c([2H])c([2H])c(-c2ccc3c(c2)N(c2c(-c4ccccc4)cc(C(C)(C)C)cc2-c2ccccc2)c2cc(-n4c5c([2H])c([2H])c([2H])c([2H])c5c5c([2H])c([2H])c([2H])c([2H])c54)cc4c2B3c2ccc(-n3c5ccc(-n6c7ccccc7c7ccccc76)cc5c5c([2H])c([2H])c([2H])c([2H])c53)cc2N4c2c(-c3ccccc3)cccc2-c2ccccc2)c([2H])c1[2H]. The molecule has 16 aromatic carbocycles. The first-order valence-electron chi connectivity index (χ1n) is 44.0. The molecular formula is C100H70BN5. The molecule has 0 bridgehead atoms. The fraction of sp³-hybridized carbons (Fsp3) is 0.0400. The third-order valence-electron chi connectivity index (χ3n) is 21.4. The van der Waals surface area contributed by atoms with Crippen LogP contribution in [-0.2, 0) is 5.41 Å². The Hall–Kier alpha value is -13.4. The Morgan fingerprint density at radius 2 is 0.660 bits per heavy atom. The number of benzene rings is 16. The highest BCUT2D eigenvalue weighted by atomic mass is 15.2. The number of aromatic nitrogens is 3. The number of fused-ring (bicyclic) bond motifs is 13. The van der Waals surface area contributed by atoms with E-state index < -0.39 is 103 Å². The summed E-state index contributed by atoms with van der Waals surface area (Å²) < 4.78 is 170. The standard InChI is InChI=1S/C100H70BN5/c1-100(2,3)71-59-82(68-36-15-7-16-37-68)99(83(60-71)69-38-17-8-18-39-69)105-93-58-70(65-30-9-4-10-31-65)52-55-85(93)101-86-56-53-73(103-91-51-28-23-44-81(91)84-61-72(54-57-92(84)103)102-87-47-24-19-40-77(87)78-41-20-25-48-88(78)102)62-94(86)106(98-75(66-32-11-5-12-33-66)45-29-46-76(98)67-34-13-6-14-35-67)96-64-74(63-95(105)97(96)101)104-89-49-26-21-42-79(89)80-43-22-27-50-90(80)104/h4-64H,1-3H3/i4D,9D,10D,21D,22D,23D,26D,27D,28D,30D,31D,42D,43D,44D,49D,50D,51D. The van der Waals surface area contributed by atoms with Crippen molar-refractivity contribution in [2.45, 2.75) is 26.2 Å². The van der Waals surface area contributed by atoms with E-state index in [4.69, 9.17) is 1.37 Å². The molecule has 2 aliphatic rings. The van der Waals surface area contributed by atoms with Crippen LogP contribution in [0.3, 0.4) is 0 Å². The molecule has 19 aromatic rings. The molecule has 0 radical (unpaired) electrons. The van der Waals surface area contributed by atoms with Gasteiger partial charge in [0, 0.05) is 88.7 Å². The fourth-order valence-corrected chi connectivity index (χ4v) is 16.7. The molecule has 5 heterocycles. The van der Waals surface area contributed by atoms with Gasteiger partial charge >= 0.3 is 0 Å². The van der Waals surface area contributed by atoms with E-state index >= 15 is 0 Å². The quantitative estimate of drug-likeness (QED) is 0.127. The average Bonchev–Trinajstić information content (AvgIpc) is 1.56. The van der Waals surface area contributed by atoms with E-state index in [2.05, 4.69) is 120 Å². The maximum absolute atomic E-state index is 10.2. The Kier molecular flexibility index (Phi) is 10.5. The van der Waals surface area contributed by atoms with Gasteiger partial charge in [0.1, 0.15) is 0 Å². The first-order chi connectivity index (χ1) is 59.3. The van der Waals surface area contributed by atoms with Crippen molar-refractivity contribution in [2.24, 2.45) is 0 Å². The minimum atomic E-state index is -0.875.